The van der Waals surface area contributed by atoms with Gasteiger partial charge >= 0.3 is 59.2 Å². The SMILES string of the molecule is Cc1ccc(OP(=O)(O)O)cc1.[H-].[K+]. The maximum Gasteiger partial charge on any atom is 1.00 e. The minimum atomic E-state index is -4.40. The first-order chi connectivity index (χ1) is 5.47. The van der Waals surface area contributed by atoms with E-state index in [1.807, 2.05) is 6.92 Å². The Morgan fingerprint density at radius 1 is 1.31 bits per heavy atom. The topological polar surface area (TPSA) is 66.8 Å². The monoisotopic (exact) mass is 228 g/mol. The van der Waals surface area contributed by atoms with E-state index in [1.165, 1.54) is 12.1 Å². The van der Waals surface area contributed by atoms with Crippen molar-refractivity contribution in [3.8, 4) is 5.75 Å². The Labute approximate surface area is 120 Å². The van der Waals surface area contributed by atoms with Crippen molar-refractivity contribution in [3.05, 3.63) is 29.8 Å². The van der Waals surface area contributed by atoms with Gasteiger partial charge in [-0.15, -0.1) is 0 Å². The van der Waals surface area contributed by atoms with Gasteiger partial charge in [-0.05, 0) is 19.1 Å². The van der Waals surface area contributed by atoms with E-state index in [0.717, 1.165) is 5.56 Å². The quantitative estimate of drug-likeness (QED) is 0.482. The molecule has 0 fully saturated rings. The molecule has 0 aromatic heterocycles. The number of rotatable bonds is 2. The third kappa shape index (κ3) is 5.99. The van der Waals surface area contributed by atoms with Crippen LogP contribution in [0.4, 0.5) is 0 Å². The molecule has 0 bridgehead atoms. The first-order valence-electron chi connectivity index (χ1n) is 3.29. The van der Waals surface area contributed by atoms with E-state index in [0.29, 0.717) is 0 Å². The second kappa shape index (κ2) is 5.63. The van der Waals surface area contributed by atoms with Gasteiger partial charge < -0.3 is 5.95 Å². The van der Waals surface area contributed by atoms with Gasteiger partial charge in [0.1, 0.15) is 5.75 Å². The Hall–Kier alpha value is 0.806. The maximum atomic E-state index is 10.4. The van der Waals surface area contributed by atoms with Crippen LogP contribution in [-0.4, -0.2) is 9.79 Å². The van der Waals surface area contributed by atoms with Crippen molar-refractivity contribution in [2.75, 3.05) is 0 Å². The summed E-state index contributed by atoms with van der Waals surface area (Å²) in [5, 5.41) is 0. The Morgan fingerprint density at radius 3 is 2.15 bits per heavy atom. The second-order valence-electron chi connectivity index (χ2n) is 2.39. The average Bonchev–Trinajstić information content (AvgIpc) is 1.91. The summed E-state index contributed by atoms with van der Waals surface area (Å²) < 4.78 is 14.7. The van der Waals surface area contributed by atoms with Gasteiger partial charge in [0.15, 0.2) is 0 Å². The average molecular weight is 228 g/mol. The van der Waals surface area contributed by atoms with E-state index >= 15 is 0 Å². The molecule has 0 unspecified atom stereocenters. The third-order valence-electron chi connectivity index (χ3n) is 1.25. The zero-order valence-electron chi connectivity index (χ0n) is 8.47. The normalized spacial score (nSPS) is 10.4. The molecule has 1 aromatic carbocycles. The molecule has 0 amide bonds. The Morgan fingerprint density at radius 2 is 1.77 bits per heavy atom. The summed E-state index contributed by atoms with van der Waals surface area (Å²) in [6.07, 6.45) is 0. The van der Waals surface area contributed by atoms with Gasteiger partial charge in [0.2, 0.25) is 0 Å². The molecule has 4 nitrogen and oxygen atoms in total. The fourth-order valence-corrected chi connectivity index (χ4v) is 1.13. The number of aryl methyl sites for hydroxylation is 1. The molecule has 6 heteroatoms. The largest absolute Gasteiger partial charge is 1.00 e. The van der Waals surface area contributed by atoms with Crippen molar-refractivity contribution in [1.29, 1.82) is 0 Å². The van der Waals surface area contributed by atoms with Crippen molar-refractivity contribution in [3.63, 3.8) is 0 Å². The molecule has 68 valence electrons. The summed E-state index contributed by atoms with van der Waals surface area (Å²) in [6.45, 7) is 1.88. The molecule has 0 aliphatic rings. The van der Waals surface area contributed by atoms with E-state index in [4.69, 9.17) is 9.79 Å². The molecular formula is C7H10KO4P. The van der Waals surface area contributed by atoms with Gasteiger partial charge in [-0.2, -0.15) is 0 Å². The molecular weight excluding hydrogens is 218 g/mol. The summed E-state index contributed by atoms with van der Waals surface area (Å²) in [4.78, 5) is 16.9. The minimum Gasteiger partial charge on any atom is -1.00 e. The molecule has 0 heterocycles. The van der Waals surface area contributed by atoms with Crippen LogP contribution < -0.4 is 55.9 Å². The Balaban J connectivity index is 0. The maximum absolute atomic E-state index is 10.4. The first kappa shape index (κ1) is 13.8. The van der Waals surface area contributed by atoms with Gasteiger partial charge in [0.25, 0.3) is 0 Å². The van der Waals surface area contributed by atoms with Crippen LogP contribution in [0.15, 0.2) is 24.3 Å². The van der Waals surface area contributed by atoms with Crippen LogP contribution in [0.5, 0.6) is 5.75 Å². The molecule has 0 atom stereocenters. The Bertz CT molecular complexity index is 310. The van der Waals surface area contributed by atoms with Crippen molar-refractivity contribution in [2.24, 2.45) is 0 Å². The predicted octanol–water partition coefficient (Wildman–Crippen LogP) is -1.42. The van der Waals surface area contributed by atoms with Crippen LogP contribution in [0, 0.1) is 6.92 Å². The van der Waals surface area contributed by atoms with Crippen LogP contribution in [-0.2, 0) is 4.57 Å². The summed E-state index contributed by atoms with van der Waals surface area (Å²) in [7, 11) is -4.40. The zero-order chi connectivity index (χ0) is 9.19. The smallest absolute Gasteiger partial charge is 1.00 e. The molecule has 13 heavy (non-hydrogen) atoms. The van der Waals surface area contributed by atoms with Crippen molar-refractivity contribution < 1.29 is 71.7 Å². The molecule has 0 saturated carbocycles. The molecule has 0 spiro atoms. The van der Waals surface area contributed by atoms with Gasteiger partial charge in [-0.1, -0.05) is 17.7 Å². The third-order valence-corrected chi connectivity index (χ3v) is 1.69. The molecule has 1 aromatic rings. The van der Waals surface area contributed by atoms with Crippen molar-refractivity contribution >= 4 is 7.82 Å². The zero-order valence-corrected chi connectivity index (χ0v) is 11.5. The van der Waals surface area contributed by atoms with Gasteiger partial charge in [-0.3, -0.25) is 9.79 Å². The van der Waals surface area contributed by atoms with Crippen LogP contribution in [0.3, 0.4) is 0 Å². The first-order valence-corrected chi connectivity index (χ1v) is 4.82. The van der Waals surface area contributed by atoms with Crippen LogP contribution >= 0.6 is 7.82 Å². The fourth-order valence-electron chi connectivity index (χ4n) is 0.736. The van der Waals surface area contributed by atoms with Crippen LogP contribution in [0.1, 0.15) is 6.99 Å². The number of hydrogen-bond donors (Lipinski definition) is 2. The molecule has 0 aliphatic carbocycles. The number of phosphoric ester groups is 1. The van der Waals surface area contributed by atoms with Gasteiger partial charge in [0, 0.05) is 0 Å². The van der Waals surface area contributed by atoms with E-state index in [1.54, 1.807) is 12.1 Å². The van der Waals surface area contributed by atoms with E-state index in [9.17, 15) is 4.57 Å². The summed E-state index contributed by atoms with van der Waals surface area (Å²) in [6, 6.07) is 6.44. The minimum absolute atomic E-state index is 0. The molecule has 0 aliphatic heterocycles. The van der Waals surface area contributed by atoms with E-state index in [-0.39, 0.29) is 58.6 Å². The van der Waals surface area contributed by atoms with Gasteiger partial charge in [-0.25, -0.2) is 4.57 Å². The molecule has 0 radical (unpaired) electrons. The molecule has 2 N–H and O–H groups in total. The summed E-state index contributed by atoms with van der Waals surface area (Å²) in [5.74, 6) is 0.175. The van der Waals surface area contributed by atoms with Crippen LogP contribution in [0.25, 0.3) is 0 Å². The van der Waals surface area contributed by atoms with Crippen LogP contribution in [0.2, 0.25) is 0 Å². The van der Waals surface area contributed by atoms with E-state index in [2.05, 4.69) is 4.52 Å². The number of phosphoric acid groups is 1. The van der Waals surface area contributed by atoms with Crippen molar-refractivity contribution in [1.82, 2.24) is 0 Å². The van der Waals surface area contributed by atoms with Crippen molar-refractivity contribution in [2.45, 2.75) is 6.92 Å². The second-order valence-corrected chi connectivity index (χ2v) is 3.56. The molecule has 1 rings (SSSR count). The van der Waals surface area contributed by atoms with E-state index < -0.39 is 7.82 Å². The van der Waals surface area contributed by atoms with Gasteiger partial charge in [0.05, 0.1) is 0 Å². The standard InChI is InChI=1S/C7H9O4P.K.H/c1-6-2-4-7(5-3-6)11-12(8,9)10;;/h2-5H,1H3,(H2,8,9,10);;/q;+1;-1. The summed E-state index contributed by atoms with van der Waals surface area (Å²) in [5.41, 5.74) is 1.01. The Kier molecular flexibility index (Phi) is 5.98. The molecule has 0 saturated heterocycles. The fraction of sp³-hybridized carbons (Fsp3) is 0.143. The summed E-state index contributed by atoms with van der Waals surface area (Å²) >= 11 is 0. The number of hydrogen-bond acceptors (Lipinski definition) is 2. The number of benzene rings is 1. The predicted molar refractivity (Wildman–Crippen MR) is 45.0 cm³/mol.